The van der Waals surface area contributed by atoms with Gasteiger partial charge in [0.1, 0.15) is 11.4 Å². The maximum Gasteiger partial charge on any atom is 0.275 e. The molecular weight excluding hydrogens is 308 g/mol. The molecule has 24 heavy (non-hydrogen) atoms. The van der Waals surface area contributed by atoms with E-state index in [2.05, 4.69) is 20.6 Å². The molecule has 0 bridgehead atoms. The average Bonchev–Trinajstić information content (AvgIpc) is 2.61. The first-order valence-electron chi connectivity index (χ1n) is 7.29. The number of hydrogen-bond donors (Lipinski definition) is 2. The third-order valence-electron chi connectivity index (χ3n) is 3.55. The molecule has 7 heteroatoms. The quantitative estimate of drug-likeness (QED) is 0.755. The topological polar surface area (TPSA) is 93.2 Å². The maximum atomic E-state index is 12.4. The minimum Gasteiger partial charge on any atom is -0.482 e. The van der Waals surface area contributed by atoms with Gasteiger partial charge in [0.05, 0.1) is 22.9 Å². The summed E-state index contributed by atoms with van der Waals surface area (Å²) in [5, 5.41) is 5.44. The summed E-state index contributed by atoms with van der Waals surface area (Å²) in [6, 6.07) is 12.3. The number of rotatable bonds is 2. The van der Waals surface area contributed by atoms with Crippen LogP contribution in [0, 0.1) is 0 Å². The predicted octanol–water partition coefficient (Wildman–Crippen LogP) is 2.21. The Hall–Kier alpha value is -3.48. The predicted molar refractivity (Wildman–Crippen MR) is 88.1 cm³/mol. The van der Waals surface area contributed by atoms with Gasteiger partial charge in [0.25, 0.3) is 11.8 Å². The summed E-state index contributed by atoms with van der Waals surface area (Å²) in [7, 11) is 0. The third kappa shape index (κ3) is 2.63. The summed E-state index contributed by atoms with van der Waals surface area (Å²) in [4.78, 5) is 32.1. The number of carbonyl (C=O) groups is 2. The summed E-state index contributed by atoms with van der Waals surface area (Å²) in [6.07, 6.45) is 1.44. The molecule has 1 aliphatic heterocycles. The molecule has 0 fully saturated rings. The highest BCUT2D eigenvalue weighted by molar-refractivity contribution is 6.04. The Labute approximate surface area is 136 Å². The molecule has 4 rings (SSSR count). The molecule has 0 spiro atoms. The van der Waals surface area contributed by atoms with Crippen LogP contribution in [0.5, 0.6) is 5.75 Å². The molecule has 0 saturated carbocycles. The third-order valence-corrected chi connectivity index (χ3v) is 3.55. The number of nitrogens with zero attached hydrogens (tertiary/aromatic N) is 2. The van der Waals surface area contributed by atoms with Crippen LogP contribution in [-0.2, 0) is 4.79 Å². The first-order chi connectivity index (χ1) is 11.7. The van der Waals surface area contributed by atoms with E-state index in [1.165, 1.54) is 6.20 Å². The molecule has 0 atom stereocenters. The van der Waals surface area contributed by atoms with Gasteiger partial charge in [-0.05, 0) is 24.3 Å². The Morgan fingerprint density at radius 3 is 2.88 bits per heavy atom. The van der Waals surface area contributed by atoms with Crippen LogP contribution >= 0.6 is 0 Å². The molecule has 0 radical (unpaired) electrons. The van der Waals surface area contributed by atoms with Crippen molar-refractivity contribution in [2.75, 3.05) is 17.2 Å². The highest BCUT2D eigenvalue weighted by Crippen LogP contribution is 2.30. The van der Waals surface area contributed by atoms with Crippen LogP contribution in [0.2, 0.25) is 0 Å². The zero-order valence-electron chi connectivity index (χ0n) is 12.4. The number of carbonyl (C=O) groups excluding carboxylic acids is 2. The van der Waals surface area contributed by atoms with Gasteiger partial charge in [-0.15, -0.1) is 0 Å². The van der Waals surface area contributed by atoms with E-state index in [4.69, 9.17) is 4.74 Å². The zero-order valence-corrected chi connectivity index (χ0v) is 12.4. The summed E-state index contributed by atoms with van der Waals surface area (Å²) in [5.41, 5.74) is 2.73. The normalized spacial score (nSPS) is 12.9. The van der Waals surface area contributed by atoms with Crippen LogP contribution in [-0.4, -0.2) is 28.4 Å². The zero-order chi connectivity index (χ0) is 16.5. The SMILES string of the molecule is O=C1COc2cc(NC(=O)c3cnc4ccccc4n3)ccc2N1. The Morgan fingerprint density at radius 1 is 1.17 bits per heavy atom. The van der Waals surface area contributed by atoms with Crippen molar-refractivity contribution in [1.82, 2.24) is 9.97 Å². The van der Waals surface area contributed by atoms with Gasteiger partial charge in [0.15, 0.2) is 6.61 Å². The van der Waals surface area contributed by atoms with Crippen molar-refractivity contribution in [2.24, 2.45) is 0 Å². The van der Waals surface area contributed by atoms with Crippen LogP contribution in [0.15, 0.2) is 48.7 Å². The van der Waals surface area contributed by atoms with Crippen LogP contribution in [0.25, 0.3) is 11.0 Å². The van der Waals surface area contributed by atoms with Gasteiger partial charge in [0.2, 0.25) is 0 Å². The van der Waals surface area contributed by atoms with E-state index in [0.29, 0.717) is 22.6 Å². The lowest BCUT2D eigenvalue weighted by atomic mass is 10.2. The molecule has 1 aromatic heterocycles. The van der Waals surface area contributed by atoms with Crippen molar-refractivity contribution in [2.45, 2.75) is 0 Å². The number of nitrogens with one attached hydrogen (secondary N) is 2. The number of anilines is 2. The van der Waals surface area contributed by atoms with Gasteiger partial charge in [0, 0.05) is 11.8 Å². The highest BCUT2D eigenvalue weighted by atomic mass is 16.5. The number of ether oxygens (including phenoxy) is 1. The van der Waals surface area contributed by atoms with Gasteiger partial charge >= 0.3 is 0 Å². The van der Waals surface area contributed by atoms with Crippen LogP contribution in [0.4, 0.5) is 11.4 Å². The lowest BCUT2D eigenvalue weighted by Gasteiger charge is -2.18. The molecule has 0 aliphatic carbocycles. The van der Waals surface area contributed by atoms with Crippen molar-refractivity contribution in [3.8, 4) is 5.75 Å². The Bertz CT molecular complexity index is 971. The van der Waals surface area contributed by atoms with E-state index in [1.807, 2.05) is 18.2 Å². The van der Waals surface area contributed by atoms with Crippen LogP contribution in [0.3, 0.4) is 0 Å². The van der Waals surface area contributed by atoms with Crippen molar-refractivity contribution in [3.05, 3.63) is 54.4 Å². The van der Waals surface area contributed by atoms with Gasteiger partial charge in [-0.1, -0.05) is 12.1 Å². The van der Waals surface area contributed by atoms with Crippen LogP contribution < -0.4 is 15.4 Å². The summed E-state index contributed by atoms with van der Waals surface area (Å²) >= 11 is 0. The number of aromatic nitrogens is 2. The van der Waals surface area contributed by atoms with E-state index in [1.54, 1.807) is 24.3 Å². The number of hydrogen-bond acceptors (Lipinski definition) is 5. The lowest BCUT2D eigenvalue weighted by molar-refractivity contribution is -0.118. The standard InChI is InChI=1S/C17H12N4O3/c22-16-9-24-15-7-10(5-6-13(15)21-16)19-17(23)14-8-18-11-3-1-2-4-12(11)20-14/h1-8H,9H2,(H,19,23)(H,21,22). The molecule has 3 aromatic rings. The molecule has 1 aliphatic rings. The largest absolute Gasteiger partial charge is 0.482 e. The van der Waals surface area contributed by atoms with Gasteiger partial charge < -0.3 is 15.4 Å². The van der Waals surface area contributed by atoms with Gasteiger partial charge in [-0.3, -0.25) is 14.6 Å². The van der Waals surface area contributed by atoms with Crippen molar-refractivity contribution < 1.29 is 14.3 Å². The van der Waals surface area contributed by atoms with E-state index in [0.717, 1.165) is 5.52 Å². The van der Waals surface area contributed by atoms with Crippen molar-refractivity contribution >= 4 is 34.2 Å². The minimum atomic E-state index is -0.368. The van der Waals surface area contributed by atoms with E-state index >= 15 is 0 Å². The number of para-hydroxylation sites is 2. The van der Waals surface area contributed by atoms with E-state index in [9.17, 15) is 9.59 Å². The molecule has 118 valence electrons. The molecule has 2 N–H and O–H groups in total. The van der Waals surface area contributed by atoms with E-state index in [-0.39, 0.29) is 24.1 Å². The monoisotopic (exact) mass is 320 g/mol. The second-order valence-corrected chi connectivity index (χ2v) is 5.25. The molecule has 2 aromatic carbocycles. The molecule has 2 heterocycles. The molecule has 7 nitrogen and oxygen atoms in total. The molecular formula is C17H12N4O3. The maximum absolute atomic E-state index is 12.4. The smallest absolute Gasteiger partial charge is 0.275 e. The molecule has 2 amide bonds. The van der Waals surface area contributed by atoms with Crippen molar-refractivity contribution in [3.63, 3.8) is 0 Å². The second-order valence-electron chi connectivity index (χ2n) is 5.25. The van der Waals surface area contributed by atoms with Crippen LogP contribution in [0.1, 0.15) is 10.5 Å². The van der Waals surface area contributed by atoms with Gasteiger partial charge in [-0.25, -0.2) is 4.98 Å². The lowest BCUT2D eigenvalue weighted by Crippen LogP contribution is -2.25. The molecule has 0 unspecified atom stereocenters. The Morgan fingerprint density at radius 2 is 2.00 bits per heavy atom. The highest BCUT2D eigenvalue weighted by Gasteiger charge is 2.17. The first kappa shape index (κ1) is 14.1. The number of fused-ring (bicyclic) bond motifs is 2. The summed E-state index contributed by atoms with van der Waals surface area (Å²) < 4.78 is 5.33. The summed E-state index contributed by atoms with van der Waals surface area (Å²) in [6.45, 7) is -0.0411. The fourth-order valence-electron chi connectivity index (χ4n) is 2.41. The fraction of sp³-hybridized carbons (Fsp3) is 0.0588. The van der Waals surface area contributed by atoms with Crippen molar-refractivity contribution in [1.29, 1.82) is 0 Å². The number of benzene rings is 2. The Balaban J connectivity index is 1.58. The second kappa shape index (κ2) is 5.62. The summed E-state index contributed by atoms with van der Waals surface area (Å²) in [5.74, 6) is -0.0595. The molecule has 0 saturated heterocycles. The van der Waals surface area contributed by atoms with E-state index < -0.39 is 0 Å². The minimum absolute atomic E-state index is 0.0411. The Kier molecular flexibility index (Phi) is 3.31. The van der Waals surface area contributed by atoms with Gasteiger partial charge in [-0.2, -0.15) is 0 Å². The fourth-order valence-corrected chi connectivity index (χ4v) is 2.41. The first-order valence-corrected chi connectivity index (χ1v) is 7.29. The number of amides is 2. The average molecular weight is 320 g/mol.